The van der Waals surface area contributed by atoms with E-state index in [0.29, 0.717) is 6.04 Å². The minimum absolute atomic E-state index is 0.593. The van der Waals surface area contributed by atoms with E-state index in [-0.39, 0.29) is 0 Å². The zero-order chi connectivity index (χ0) is 17.9. The van der Waals surface area contributed by atoms with Gasteiger partial charge in [-0.25, -0.2) is 0 Å². The van der Waals surface area contributed by atoms with Gasteiger partial charge >= 0.3 is 0 Å². The molecule has 0 radical (unpaired) electrons. The van der Waals surface area contributed by atoms with E-state index in [1.54, 1.807) is 7.11 Å². The first-order valence-electron chi connectivity index (χ1n) is 9.66. The van der Waals surface area contributed by atoms with Gasteiger partial charge in [-0.15, -0.1) is 0 Å². The number of hydrogen-bond donors (Lipinski definition) is 2. The Labute approximate surface area is 152 Å². The molecule has 5 heteroatoms. The molecule has 1 aromatic rings. The van der Waals surface area contributed by atoms with Gasteiger partial charge < -0.3 is 15.4 Å². The molecule has 0 amide bonds. The van der Waals surface area contributed by atoms with Crippen molar-refractivity contribution in [3.8, 4) is 5.75 Å². The smallest absolute Gasteiger partial charge is 0.191 e. The summed E-state index contributed by atoms with van der Waals surface area (Å²) in [5, 5.41) is 6.82. The molecule has 1 aliphatic rings. The van der Waals surface area contributed by atoms with Crippen molar-refractivity contribution in [2.45, 2.75) is 45.6 Å². The Morgan fingerprint density at radius 1 is 1.20 bits per heavy atom. The molecule has 1 atom stereocenters. The number of nitrogens with zero attached hydrogens (tertiary/aromatic N) is 2. The van der Waals surface area contributed by atoms with Gasteiger partial charge in [0.25, 0.3) is 0 Å². The molecule has 140 valence electrons. The Bertz CT molecular complexity index is 515. The largest absolute Gasteiger partial charge is 0.497 e. The van der Waals surface area contributed by atoms with Crippen molar-refractivity contribution >= 4 is 5.96 Å². The summed E-state index contributed by atoms with van der Waals surface area (Å²) in [6, 6.07) is 8.85. The van der Waals surface area contributed by atoms with E-state index < -0.39 is 0 Å². The monoisotopic (exact) mass is 346 g/mol. The van der Waals surface area contributed by atoms with E-state index >= 15 is 0 Å². The third-order valence-electron chi connectivity index (χ3n) is 4.82. The van der Waals surface area contributed by atoms with Crippen molar-refractivity contribution in [1.82, 2.24) is 15.5 Å². The molecule has 0 spiro atoms. The van der Waals surface area contributed by atoms with Crippen molar-refractivity contribution in [1.29, 1.82) is 0 Å². The van der Waals surface area contributed by atoms with Crippen molar-refractivity contribution in [2.24, 2.45) is 4.99 Å². The van der Waals surface area contributed by atoms with E-state index in [0.717, 1.165) is 44.3 Å². The second-order valence-electron chi connectivity index (χ2n) is 6.52. The number of nitrogens with one attached hydrogen (secondary N) is 2. The lowest BCUT2D eigenvalue weighted by Crippen LogP contribution is -2.43. The molecule has 2 N–H and O–H groups in total. The second-order valence-corrected chi connectivity index (χ2v) is 6.52. The van der Waals surface area contributed by atoms with Gasteiger partial charge in [0.05, 0.1) is 13.7 Å². The van der Waals surface area contributed by atoms with Gasteiger partial charge in [0.15, 0.2) is 5.96 Å². The van der Waals surface area contributed by atoms with Crippen molar-refractivity contribution < 1.29 is 4.74 Å². The van der Waals surface area contributed by atoms with Crippen molar-refractivity contribution in [2.75, 3.05) is 39.8 Å². The van der Waals surface area contributed by atoms with Crippen LogP contribution in [0.25, 0.3) is 0 Å². The minimum Gasteiger partial charge on any atom is -0.497 e. The molecule has 2 rings (SSSR count). The molecule has 1 aliphatic heterocycles. The molecule has 0 saturated carbocycles. The van der Waals surface area contributed by atoms with E-state index in [1.807, 2.05) is 12.1 Å². The number of benzene rings is 1. The average Bonchev–Trinajstić information content (AvgIpc) is 2.66. The number of likely N-dealkylation sites (N-methyl/N-ethyl adjacent to an activating group) is 1. The maximum absolute atomic E-state index is 5.20. The van der Waals surface area contributed by atoms with Crippen LogP contribution in [0.15, 0.2) is 29.3 Å². The molecule has 25 heavy (non-hydrogen) atoms. The molecule has 0 bridgehead atoms. The fourth-order valence-corrected chi connectivity index (χ4v) is 3.34. The fraction of sp³-hybridized carbons (Fsp3) is 0.650. The number of aliphatic imine (C=N–C) groups is 1. The Hall–Kier alpha value is -1.75. The number of piperidine rings is 1. The van der Waals surface area contributed by atoms with Gasteiger partial charge in [0.2, 0.25) is 0 Å². The first kappa shape index (κ1) is 19.6. The molecule has 1 unspecified atom stereocenters. The highest BCUT2D eigenvalue weighted by Gasteiger charge is 2.20. The van der Waals surface area contributed by atoms with E-state index in [1.165, 1.54) is 31.4 Å². The molecule has 5 nitrogen and oxygen atoms in total. The van der Waals surface area contributed by atoms with Gasteiger partial charge in [-0.2, -0.15) is 0 Å². The molecule has 1 heterocycles. The fourth-order valence-electron chi connectivity index (χ4n) is 3.34. The highest BCUT2D eigenvalue weighted by atomic mass is 16.5. The predicted molar refractivity (Wildman–Crippen MR) is 106 cm³/mol. The summed E-state index contributed by atoms with van der Waals surface area (Å²) in [4.78, 5) is 7.39. The highest BCUT2D eigenvalue weighted by Crippen LogP contribution is 2.16. The van der Waals surface area contributed by atoms with Gasteiger partial charge in [-0.3, -0.25) is 9.89 Å². The Morgan fingerprint density at radius 2 is 2.00 bits per heavy atom. The molecule has 0 aliphatic carbocycles. The summed E-state index contributed by atoms with van der Waals surface area (Å²) >= 11 is 0. The first-order chi connectivity index (χ1) is 12.3. The number of methoxy groups -OCH3 is 1. The predicted octanol–water partition coefficient (Wildman–Crippen LogP) is 2.67. The maximum Gasteiger partial charge on any atom is 0.191 e. The Kier molecular flexibility index (Phi) is 8.60. The van der Waals surface area contributed by atoms with Gasteiger partial charge in [-0.1, -0.05) is 25.5 Å². The quantitative estimate of drug-likeness (QED) is 0.561. The van der Waals surface area contributed by atoms with E-state index in [4.69, 9.17) is 9.73 Å². The van der Waals surface area contributed by atoms with Gasteiger partial charge in [0, 0.05) is 19.1 Å². The topological polar surface area (TPSA) is 48.9 Å². The number of rotatable bonds is 8. The average molecular weight is 347 g/mol. The van der Waals surface area contributed by atoms with Crippen LogP contribution in [0.2, 0.25) is 0 Å². The van der Waals surface area contributed by atoms with E-state index in [9.17, 15) is 0 Å². The highest BCUT2D eigenvalue weighted by molar-refractivity contribution is 5.79. The molecule has 1 fully saturated rings. The van der Waals surface area contributed by atoms with Crippen LogP contribution in [0.4, 0.5) is 0 Å². The number of hydrogen-bond acceptors (Lipinski definition) is 3. The lowest BCUT2D eigenvalue weighted by Gasteiger charge is -2.33. The Morgan fingerprint density at radius 3 is 2.68 bits per heavy atom. The lowest BCUT2D eigenvalue weighted by atomic mass is 10.0. The van der Waals surface area contributed by atoms with Crippen molar-refractivity contribution in [3.63, 3.8) is 0 Å². The molecule has 1 aromatic carbocycles. The normalized spacial score (nSPS) is 18.8. The number of guanidine groups is 1. The molecule has 0 aromatic heterocycles. The molecule has 1 saturated heterocycles. The number of ether oxygens (including phenoxy) is 1. The summed E-state index contributed by atoms with van der Waals surface area (Å²) in [7, 11) is 1.70. The maximum atomic E-state index is 5.20. The van der Waals surface area contributed by atoms with Crippen LogP contribution in [0, 0.1) is 0 Å². The summed E-state index contributed by atoms with van der Waals surface area (Å²) in [6.45, 7) is 9.35. The van der Waals surface area contributed by atoms with Gasteiger partial charge in [-0.05, 0) is 57.0 Å². The SMILES string of the molecule is CCNC(=NCC1CCCCN1CC)NCCc1ccc(OC)cc1. The summed E-state index contributed by atoms with van der Waals surface area (Å²) < 4.78 is 5.20. The minimum atomic E-state index is 0.593. The summed E-state index contributed by atoms with van der Waals surface area (Å²) in [6.07, 6.45) is 4.90. The van der Waals surface area contributed by atoms with E-state index in [2.05, 4.69) is 41.5 Å². The lowest BCUT2D eigenvalue weighted by molar-refractivity contribution is 0.161. The number of likely N-dealkylation sites (tertiary alicyclic amines) is 1. The zero-order valence-corrected chi connectivity index (χ0v) is 16.1. The summed E-state index contributed by atoms with van der Waals surface area (Å²) in [5.74, 6) is 1.83. The van der Waals surface area contributed by atoms with Crippen molar-refractivity contribution in [3.05, 3.63) is 29.8 Å². The standard InChI is InChI=1S/C20H34N4O/c1-4-21-20(23-16-18-8-6-7-15-24(18)5-2)22-14-13-17-9-11-19(25-3)12-10-17/h9-12,18H,4-8,13-16H2,1-3H3,(H2,21,22,23). The van der Waals surface area contributed by atoms with Crippen LogP contribution in [0.3, 0.4) is 0 Å². The van der Waals surface area contributed by atoms with Crippen LogP contribution < -0.4 is 15.4 Å². The third-order valence-corrected chi connectivity index (χ3v) is 4.82. The Balaban J connectivity index is 1.82. The van der Waals surface area contributed by atoms with Crippen LogP contribution >= 0.6 is 0 Å². The van der Waals surface area contributed by atoms with Gasteiger partial charge in [0.1, 0.15) is 5.75 Å². The molecular weight excluding hydrogens is 312 g/mol. The second kappa shape index (κ2) is 11.0. The van der Waals surface area contributed by atoms with Crippen LogP contribution in [-0.4, -0.2) is 56.7 Å². The van der Waals surface area contributed by atoms with Crippen LogP contribution in [-0.2, 0) is 6.42 Å². The van der Waals surface area contributed by atoms with Crippen LogP contribution in [0.1, 0.15) is 38.7 Å². The van der Waals surface area contributed by atoms with Crippen LogP contribution in [0.5, 0.6) is 5.75 Å². The zero-order valence-electron chi connectivity index (χ0n) is 16.1. The summed E-state index contributed by atoms with van der Waals surface area (Å²) in [5.41, 5.74) is 1.30. The first-order valence-corrected chi connectivity index (χ1v) is 9.66. The third kappa shape index (κ3) is 6.58. The molecular formula is C20H34N4O.